The molecule has 0 bridgehead atoms. The van der Waals surface area contributed by atoms with E-state index in [0.717, 1.165) is 44.2 Å². The van der Waals surface area contributed by atoms with E-state index in [4.69, 9.17) is 9.47 Å². The predicted molar refractivity (Wildman–Crippen MR) is 93.4 cm³/mol. The van der Waals surface area contributed by atoms with Crippen molar-refractivity contribution in [3.05, 3.63) is 35.9 Å². The summed E-state index contributed by atoms with van der Waals surface area (Å²) in [6, 6.07) is 6.01. The van der Waals surface area contributed by atoms with Crippen LogP contribution in [0.5, 0.6) is 5.75 Å². The molecular weight excluding hydrogens is 323 g/mol. The minimum atomic E-state index is -0.279. The fourth-order valence-corrected chi connectivity index (χ4v) is 3.21. The van der Waals surface area contributed by atoms with Crippen molar-refractivity contribution in [3.63, 3.8) is 0 Å². The molecule has 1 atom stereocenters. The number of piperidine rings is 1. The summed E-state index contributed by atoms with van der Waals surface area (Å²) in [6.45, 7) is 6.58. The second kappa shape index (κ2) is 7.82. The molecule has 0 N–H and O–H groups in total. The molecule has 0 radical (unpaired) electrons. The average molecular weight is 348 g/mol. The molecule has 1 saturated heterocycles. The highest BCUT2D eigenvalue weighted by atomic mass is 19.1. The number of hydrogen-bond donors (Lipinski definition) is 0. The second-order valence-electron chi connectivity index (χ2n) is 6.24. The Morgan fingerprint density at radius 2 is 1.88 bits per heavy atom. The molecule has 7 heteroatoms. The largest absolute Gasteiger partial charge is 0.483 e. The molecule has 2 heterocycles. The lowest BCUT2D eigenvalue weighted by Gasteiger charge is -2.32. The van der Waals surface area contributed by atoms with Crippen LogP contribution in [0, 0.1) is 5.82 Å². The molecule has 0 aliphatic carbocycles. The van der Waals surface area contributed by atoms with Gasteiger partial charge in [-0.15, -0.1) is 10.2 Å². The van der Waals surface area contributed by atoms with Gasteiger partial charge in [-0.1, -0.05) is 0 Å². The Kier molecular flexibility index (Phi) is 5.53. The van der Waals surface area contributed by atoms with Gasteiger partial charge in [0.15, 0.2) is 11.9 Å². The summed E-state index contributed by atoms with van der Waals surface area (Å²) in [5, 5.41) is 8.75. The fourth-order valence-electron chi connectivity index (χ4n) is 3.21. The molecule has 1 aromatic carbocycles. The van der Waals surface area contributed by atoms with Crippen molar-refractivity contribution in [2.45, 2.75) is 45.4 Å². The summed E-state index contributed by atoms with van der Waals surface area (Å²) in [4.78, 5) is 2.25. The highest BCUT2D eigenvalue weighted by Crippen LogP contribution is 2.25. The number of nitrogens with zero attached hydrogens (tertiary/aromatic N) is 4. The Bertz CT molecular complexity index is 681. The number of anilines is 1. The van der Waals surface area contributed by atoms with Gasteiger partial charge in [-0.25, -0.2) is 4.39 Å². The molecule has 0 amide bonds. The highest BCUT2D eigenvalue weighted by molar-refractivity contribution is 5.33. The van der Waals surface area contributed by atoms with Gasteiger partial charge >= 0.3 is 0 Å². The zero-order valence-electron chi connectivity index (χ0n) is 15.0. The smallest absolute Gasteiger partial charge is 0.227 e. The van der Waals surface area contributed by atoms with E-state index in [1.807, 2.05) is 6.92 Å². The maximum absolute atomic E-state index is 13.0. The number of ether oxygens (including phenoxy) is 2. The third kappa shape index (κ3) is 3.92. The number of hydrogen-bond acceptors (Lipinski definition) is 5. The molecule has 1 aliphatic heterocycles. The first kappa shape index (κ1) is 17.7. The summed E-state index contributed by atoms with van der Waals surface area (Å²) in [5.74, 6) is 1.98. The molecule has 6 nitrogen and oxygen atoms in total. The van der Waals surface area contributed by atoms with E-state index >= 15 is 0 Å². The number of methoxy groups -OCH3 is 1. The zero-order valence-corrected chi connectivity index (χ0v) is 15.0. The van der Waals surface area contributed by atoms with Crippen LogP contribution in [0.4, 0.5) is 10.3 Å². The number of benzene rings is 1. The van der Waals surface area contributed by atoms with Crippen molar-refractivity contribution in [2.75, 3.05) is 25.1 Å². The van der Waals surface area contributed by atoms with E-state index in [-0.39, 0.29) is 11.9 Å². The Labute approximate surface area is 147 Å². The van der Waals surface area contributed by atoms with Crippen molar-refractivity contribution < 1.29 is 13.9 Å². The molecule has 136 valence electrons. The van der Waals surface area contributed by atoms with Crippen molar-refractivity contribution in [3.8, 4) is 5.75 Å². The van der Waals surface area contributed by atoms with Crippen LogP contribution in [-0.2, 0) is 11.3 Å². The van der Waals surface area contributed by atoms with Crippen molar-refractivity contribution in [1.82, 2.24) is 14.8 Å². The van der Waals surface area contributed by atoms with Crippen LogP contribution in [0.1, 0.15) is 38.6 Å². The fraction of sp³-hybridized carbons (Fsp3) is 0.556. The summed E-state index contributed by atoms with van der Waals surface area (Å²) in [6.07, 6.45) is 2.03. The standard InChI is InChI=1S/C18H25FN4O2/c1-4-23-17(13(2)25-16-7-5-14(19)6-8-16)20-21-18(23)22-11-9-15(24-3)10-12-22/h5-8,13,15H,4,9-12H2,1-3H3. The van der Waals surface area contributed by atoms with Crippen LogP contribution >= 0.6 is 0 Å². The van der Waals surface area contributed by atoms with E-state index in [9.17, 15) is 4.39 Å². The summed E-state index contributed by atoms with van der Waals surface area (Å²) < 4.78 is 26.5. The molecule has 1 aliphatic rings. The molecule has 1 unspecified atom stereocenters. The molecular formula is C18H25FN4O2. The van der Waals surface area contributed by atoms with Gasteiger partial charge in [0.05, 0.1) is 6.10 Å². The molecule has 0 saturated carbocycles. The SMILES string of the molecule is CCn1c(C(C)Oc2ccc(F)cc2)nnc1N1CCC(OC)CC1. The molecule has 0 spiro atoms. The predicted octanol–water partition coefficient (Wildman–Crippen LogP) is 3.19. The normalized spacial score (nSPS) is 16.9. The quantitative estimate of drug-likeness (QED) is 0.802. The Hall–Kier alpha value is -2.15. The van der Waals surface area contributed by atoms with Crippen LogP contribution in [0.15, 0.2) is 24.3 Å². The first-order valence-electron chi connectivity index (χ1n) is 8.75. The summed E-state index contributed by atoms with van der Waals surface area (Å²) >= 11 is 0. The maximum Gasteiger partial charge on any atom is 0.227 e. The van der Waals surface area contributed by atoms with Crippen LogP contribution < -0.4 is 9.64 Å². The van der Waals surface area contributed by atoms with E-state index in [2.05, 4.69) is 26.6 Å². The number of halogens is 1. The zero-order chi connectivity index (χ0) is 17.8. The first-order chi connectivity index (χ1) is 12.1. The first-order valence-corrected chi connectivity index (χ1v) is 8.75. The van der Waals surface area contributed by atoms with Crippen LogP contribution in [0.25, 0.3) is 0 Å². The molecule has 25 heavy (non-hydrogen) atoms. The molecule has 3 rings (SSSR count). The molecule has 1 aromatic heterocycles. The highest BCUT2D eigenvalue weighted by Gasteiger charge is 2.25. The average Bonchev–Trinajstić information content (AvgIpc) is 3.08. The van der Waals surface area contributed by atoms with E-state index in [1.165, 1.54) is 12.1 Å². The lowest BCUT2D eigenvalue weighted by molar-refractivity contribution is 0.0815. The van der Waals surface area contributed by atoms with Gasteiger partial charge in [0.25, 0.3) is 0 Å². The monoisotopic (exact) mass is 348 g/mol. The van der Waals surface area contributed by atoms with Crippen molar-refractivity contribution >= 4 is 5.95 Å². The van der Waals surface area contributed by atoms with Crippen molar-refractivity contribution in [1.29, 1.82) is 0 Å². The third-order valence-electron chi connectivity index (χ3n) is 4.62. The number of rotatable bonds is 6. The summed E-state index contributed by atoms with van der Waals surface area (Å²) in [5.41, 5.74) is 0. The van der Waals surface area contributed by atoms with Gasteiger partial charge in [-0.05, 0) is 51.0 Å². The third-order valence-corrected chi connectivity index (χ3v) is 4.62. The number of aromatic nitrogens is 3. The van der Waals surface area contributed by atoms with Gasteiger partial charge in [0.1, 0.15) is 11.6 Å². The maximum atomic E-state index is 13.0. The molecule has 1 fully saturated rings. The van der Waals surface area contributed by atoms with Crippen LogP contribution in [0.2, 0.25) is 0 Å². The van der Waals surface area contributed by atoms with Gasteiger partial charge < -0.3 is 14.4 Å². The molecule has 2 aromatic rings. The topological polar surface area (TPSA) is 52.4 Å². The minimum Gasteiger partial charge on any atom is -0.483 e. The Morgan fingerprint density at radius 1 is 1.20 bits per heavy atom. The van der Waals surface area contributed by atoms with Crippen LogP contribution in [0.3, 0.4) is 0 Å². The van der Waals surface area contributed by atoms with Gasteiger partial charge in [0.2, 0.25) is 5.95 Å². The minimum absolute atomic E-state index is 0.275. The van der Waals surface area contributed by atoms with Gasteiger partial charge in [-0.2, -0.15) is 0 Å². The van der Waals surface area contributed by atoms with Crippen molar-refractivity contribution in [2.24, 2.45) is 0 Å². The van der Waals surface area contributed by atoms with E-state index in [1.54, 1.807) is 19.2 Å². The van der Waals surface area contributed by atoms with E-state index in [0.29, 0.717) is 11.9 Å². The lowest BCUT2D eigenvalue weighted by atomic mass is 10.1. The Morgan fingerprint density at radius 3 is 2.48 bits per heavy atom. The van der Waals surface area contributed by atoms with Gasteiger partial charge in [0, 0.05) is 26.7 Å². The van der Waals surface area contributed by atoms with E-state index < -0.39 is 0 Å². The Balaban J connectivity index is 1.74. The second-order valence-corrected chi connectivity index (χ2v) is 6.24. The van der Waals surface area contributed by atoms with Crippen LogP contribution in [-0.4, -0.2) is 41.1 Å². The lowest BCUT2D eigenvalue weighted by Crippen LogP contribution is -2.38. The summed E-state index contributed by atoms with van der Waals surface area (Å²) in [7, 11) is 1.77. The van der Waals surface area contributed by atoms with Gasteiger partial charge in [-0.3, -0.25) is 4.57 Å².